The molecule has 2 unspecified atom stereocenters. The Morgan fingerprint density at radius 3 is 2.70 bits per heavy atom. The molecule has 2 heterocycles. The van der Waals surface area contributed by atoms with Crippen LogP contribution in [-0.2, 0) is 13.1 Å². The summed E-state index contributed by atoms with van der Waals surface area (Å²) in [6, 6.07) is 8.65. The summed E-state index contributed by atoms with van der Waals surface area (Å²) in [4.78, 5) is 5.13. The van der Waals surface area contributed by atoms with Gasteiger partial charge in [-0.05, 0) is 55.5 Å². The van der Waals surface area contributed by atoms with Crippen LogP contribution in [-0.4, -0.2) is 36.0 Å². The number of benzene rings is 1. The molecule has 3 nitrogen and oxygen atoms in total. The lowest BCUT2D eigenvalue weighted by Crippen LogP contribution is -2.20. The topological polar surface area (TPSA) is 32.5 Å². The molecule has 1 aliphatic carbocycles. The zero-order valence-electron chi connectivity index (χ0n) is 12.4. The van der Waals surface area contributed by atoms with E-state index in [1.807, 2.05) is 0 Å². The Labute approximate surface area is 121 Å². The second-order valence-electron chi connectivity index (χ2n) is 6.96. The molecular weight excluding hydrogens is 246 g/mol. The van der Waals surface area contributed by atoms with Gasteiger partial charge in [0.2, 0.25) is 0 Å². The number of hydrogen-bond donors (Lipinski definition) is 1. The normalized spacial score (nSPS) is 30.9. The molecule has 1 aromatic rings. The summed E-state index contributed by atoms with van der Waals surface area (Å²) in [5, 5.41) is 0. The highest BCUT2D eigenvalue weighted by Gasteiger charge is 2.34. The second-order valence-corrected chi connectivity index (χ2v) is 6.96. The first-order chi connectivity index (χ1) is 9.74. The molecule has 2 aliphatic heterocycles. The molecular formula is C17H25N3. The van der Waals surface area contributed by atoms with Crippen molar-refractivity contribution in [3.63, 3.8) is 0 Å². The fraction of sp³-hybridized carbons (Fsp3) is 0.647. The van der Waals surface area contributed by atoms with Crippen molar-refractivity contribution < 1.29 is 0 Å². The van der Waals surface area contributed by atoms with Crippen LogP contribution in [0.4, 0.5) is 0 Å². The summed E-state index contributed by atoms with van der Waals surface area (Å²) in [6.45, 7) is 4.31. The van der Waals surface area contributed by atoms with Crippen molar-refractivity contribution in [3.8, 4) is 0 Å². The summed E-state index contributed by atoms with van der Waals surface area (Å²) in [6.07, 6.45) is 4.03. The molecule has 3 heteroatoms. The minimum absolute atomic E-state index is 0.573. The van der Waals surface area contributed by atoms with Crippen molar-refractivity contribution in [2.24, 2.45) is 11.7 Å². The molecule has 2 N–H and O–H groups in total. The predicted molar refractivity (Wildman–Crippen MR) is 81.2 cm³/mol. The van der Waals surface area contributed by atoms with Crippen LogP contribution in [0.3, 0.4) is 0 Å². The number of rotatable bonds is 3. The first-order valence-corrected chi connectivity index (χ1v) is 8.00. The van der Waals surface area contributed by atoms with Gasteiger partial charge in [-0.1, -0.05) is 18.2 Å². The van der Waals surface area contributed by atoms with E-state index in [2.05, 4.69) is 35.0 Å². The number of fused-ring (bicyclic) bond motifs is 1. The van der Waals surface area contributed by atoms with Gasteiger partial charge in [-0.3, -0.25) is 9.80 Å². The highest BCUT2D eigenvalue weighted by Crippen LogP contribution is 2.38. The van der Waals surface area contributed by atoms with Crippen molar-refractivity contribution >= 4 is 0 Å². The van der Waals surface area contributed by atoms with E-state index in [1.165, 1.54) is 37.9 Å². The maximum absolute atomic E-state index is 5.85. The fourth-order valence-corrected chi connectivity index (χ4v) is 4.01. The Bertz CT molecular complexity index is 509. The number of hydrogen-bond acceptors (Lipinski definition) is 3. The van der Waals surface area contributed by atoms with Crippen molar-refractivity contribution in [1.29, 1.82) is 0 Å². The molecule has 1 aromatic carbocycles. The Hall–Kier alpha value is -0.900. The minimum Gasteiger partial charge on any atom is -0.330 e. The monoisotopic (exact) mass is 271 g/mol. The molecule has 2 fully saturated rings. The van der Waals surface area contributed by atoms with E-state index in [4.69, 9.17) is 5.73 Å². The molecule has 3 aliphatic rings. The SMILES string of the molecule is CN1CC(CN)CC1c1ccc2c(c1)CN(C1CC1)C2. The Balaban J connectivity index is 1.54. The predicted octanol–water partition coefficient (Wildman–Crippen LogP) is 2.12. The Morgan fingerprint density at radius 1 is 1.20 bits per heavy atom. The molecule has 0 amide bonds. The van der Waals surface area contributed by atoms with E-state index in [0.717, 1.165) is 19.1 Å². The smallest absolute Gasteiger partial charge is 0.0348 e. The lowest BCUT2D eigenvalue weighted by molar-refractivity contribution is 0.273. The van der Waals surface area contributed by atoms with E-state index in [-0.39, 0.29) is 0 Å². The van der Waals surface area contributed by atoms with Gasteiger partial charge in [-0.2, -0.15) is 0 Å². The van der Waals surface area contributed by atoms with E-state index in [0.29, 0.717) is 12.0 Å². The highest BCUT2D eigenvalue weighted by molar-refractivity contribution is 5.37. The average Bonchev–Trinajstić information content (AvgIpc) is 3.11. The van der Waals surface area contributed by atoms with E-state index in [9.17, 15) is 0 Å². The molecule has 1 saturated heterocycles. The van der Waals surface area contributed by atoms with Crippen molar-refractivity contribution in [1.82, 2.24) is 9.80 Å². The van der Waals surface area contributed by atoms with Gasteiger partial charge in [-0.15, -0.1) is 0 Å². The maximum atomic E-state index is 5.85. The molecule has 0 radical (unpaired) electrons. The van der Waals surface area contributed by atoms with Crippen LogP contribution in [0.25, 0.3) is 0 Å². The summed E-state index contributed by atoms with van der Waals surface area (Å²) >= 11 is 0. The van der Waals surface area contributed by atoms with Crippen LogP contribution in [0.1, 0.15) is 42.0 Å². The summed E-state index contributed by atoms with van der Waals surface area (Å²) in [7, 11) is 2.24. The van der Waals surface area contributed by atoms with Gasteiger partial charge in [0.1, 0.15) is 0 Å². The van der Waals surface area contributed by atoms with Crippen molar-refractivity contribution in [2.45, 2.75) is 44.4 Å². The van der Waals surface area contributed by atoms with Crippen LogP contribution < -0.4 is 5.73 Å². The lowest BCUT2D eigenvalue weighted by atomic mass is 9.97. The highest BCUT2D eigenvalue weighted by atomic mass is 15.2. The van der Waals surface area contributed by atoms with Gasteiger partial charge in [0.15, 0.2) is 0 Å². The molecule has 108 valence electrons. The average molecular weight is 271 g/mol. The molecule has 0 aromatic heterocycles. The first kappa shape index (κ1) is 12.8. The molecule has 4 rings (SSSR count). The zero-order chi connectivity index (χ0) is 13.7. The van der Waals surface area contributed by atoms with Gasteiger partial charge >= 0.3 is 0 Å². The molecule has 0 bridgehead atoms. The van der Waals surface area contributed by atoms with Crippen LogP contribution in [0.2, 0.25) is 0 Å². The quantitative estimate of drug-likeness (QED) is 0.914. The van der Waals surface area contributed by atoms with Gasteiger partial charge in [0.05, 0.1) is 0 Å². The van der Waals surface area contributed by atoms with Crippen molar-refractivity contribution in [3.05, 3.63) is 34.9 Å². The molecule has 20 heavy (non-hydrogen) atoms. The van der Waals surface area contributed by atoms with E-state index >= 15 is 0 Å². The van der Waals surface area contributed by atoms with Crippen LogP contribution >= 0.6 is 0 Å². The minimum atomic E-state index is 0.573. The third-order valence-corrected chi connectivity index (χ3v) is 5.39. The third-order valence-electron chi connectivity index (χ3n) is 5.39. The Morgan fingerprint density at radius 2 is 2.00 bits per heavy atom. The summed E-state index contributed by atoms with van der Waals surface area (Å²) in [5.41, 5.74) is 10.5. The van der Waals surface area contributed by atoms with Gasteiger partial charge in [0, 0.05) is 31.7 Å². The maximum Gasteiger partial charge on any atom is 0.0348 e. The molecule has 0 spiro atoms. The molecule has 1 saturated carbocycles. The zero-order valence-corrected chi connectivity index (χ0v) is 12.4. The summed E-state index contributed by atoms with van der Waals surface area (Å²) < 4.78 is 0. The van der Waals surface area contributed by atoms with Gasteiger partial charge in [0.25, 0.3) is 0 Å². The van der Waals surface area contributed by atoms with Crippen LogP contribution in [0.5, 0.6) is 0 Å². The third kappa shape index (κ3) is 2.18. The van der Waals surface area contributed by atoms with E-state index in [1.54, 1.807) is 11.1 Å². The van der Waals surface area contributed by atoms with Gasteiger partial charge in [-0.25, -0.2) is 0 Å². The summed E-state index contributed by atoms with van der Waals surface area (Å²) in [5.74, 6) is 0.668. The van der Waals surface area contributed by atoms with Gasteiger partial charge < -0.3 is 5.73 Å². The van der Waals surface area contributed by atoms with E-state index < -0.39 is 0 Å². The largest absolute Gasteiger partial charge is 0.330 e. The Kier molecular flexibility index (Phi) is 3.09. The fourth-order valence-electron chi connectivity index (χ4n) is 4.01. The number of nitrogens with zero attached hydrogens (tertiary/aromatic N) is 2. The first-order valence-electron chi connectivity index (χ1n) is 8.00. The van der Waals surface area contributed by atoms with Crippen LogP contribution in [0, 0.1) is 5.92 Å². The second kappa shape index (κ2) is 4.83. The van der Waals surface area contributed by atoms with Crippen molar-refractivity contribution in [2.75, 3.05) is 20.1 Å². The number of nitrogens with two attached hydrogens (primary N) is 1. The lowest BCUT2D eigenvalue weighted by Gasteiger charge is -2.20. The van der Waals surface area contributed by atoms with Crippen LogP contribution in [0.15, 0.2) is 18.2 Å². The number of likely N-dealkylation sites (tertiary alicyclic amines) is 1. The molecule has 2 atom stereocenters. The standard InChI is InChI=1S/C17H25N3/c1-19-9-12(8-18)6-17(19)13-2-3-14-10-20(16-4-5-16)11-15(14)7-13/h2-3,7,12,16-17H,4-6,8-11,18H2,1H3.